The van der Waals surface area contributed by atoms with Gasteiger partial charge in [0.05, 0.1) is 29.5 Å². The van der Waals surface area contributed by atoms with Crippen molar-refractivity contribution in [2.45, 2.75) is 45.1 Å². The lowest BCUT2D eigenvalue weighted by atomic mass is 9.95. The normalized spacial score (nSPS) is 15.8. The van der Waals surface area contributed by atoms with Crippen LogP contribution in [0.4, 0.5) is 5.82 Å². The van der Waals surface area contributed by atoms with Gasteiger partial charge in [0.1, 0.15) is 29.2 Å². The highest BCUT2D eigenvalue weighted by atomic mass is 16.5. The zero-order valence-electron chi connectivity index (χ0n) is 21.7. The van der Waals surface area contributed by atoms with Crippen molar-refractivity contribution in [1.29, 1.82) is 5.26 Å². The van der Waals surface area contributed by atoms with E-state index in [0.717, 1.165) is 25.9 Å². The molecule has 1 amide bonds. The standard InChI is InChI=1S/C27H33N7O3/c1-27(2,3)26-33-22-20(24(29)35)13-21(19-8-7-18(12-16(19)14-28)37-11-10-36-4)32-23(22)25(34-26)31-17-6-5-9-30-15-17/h7-8,12-13,17,30H,5-6,9-11,15H2,1-4H3,(H2,29,35)(H,31,33,34)/t17-/m0/s1. The molecule has 10 heteroatoms. The number of aromatic nitrogens is 3. The number of benzene rings is 1. The van der Waals surface area contributed by atoms with Crippen molar-refractivity contribution >= 4 is 22.8 Å². The fourth-order valence-corrected chi connectivity index (χ4v) is 4.21. The maximum atomic E-state index is 12.6. The molecule has 4 rings (SSSR count). The van der Waals surface area contributed by atoms with Crippen molar-refractivity contribution < 1.29 is 14.3 Å². The van der Waals surface area contributed by atoms with Crippen molar-refractivity contribution in [2.24, 2.45) is 5.73 Å². The van der Waals surface area contributed by atoms with E-state index in [1.165, 1.54) is 0 Å². The van der Waals surface area contributed by atoms with Gasteiger partial charge in [0.25, 0.3) is 5.91 Å². The Bertz CT molecular complexity index is 1340. The number of nitrogens with zero attached hydrogens (tertiary/aromatic N) is 4. The summed E-state index contributed by atoms with van der Waals surface area (Å²) in [5.41, 5.74) is 7.85. The minimum atomic E-state index is -0.629. The number of amides is 1. The third kappa shape index (κ3) is 5.96. The second-order valence-electron chi connectivity index (χ2n) is 10.1. The largest absolute Gasteiger partial charge is 0.491 e. The number of anilines is 1. The summed E-state index contributed by atoms with van der Waals surface area (Å²) in [6, 6.07) is 9.11. The van der Waals surface area contributed by atoms with Crippen LogP contribution in [0.15, 0.2) is 24.3 Å². The predicted octanol–water partition coefficient (Wildman–Crippen LogP) is 3.15. The lowest BCUT2D eigenvalue weighted by molar-refractivity contribution is 0.100. The summed E-state index contributed by atoms with van der Waals surface area (Å²) in [7, 11) is 1.59. The number of hydrogen-bond donors (Lipinski definition) is 3. The third-order valence-electron chi connectivity index (χ3n) is 6.17. The molecule has 1 atom stereocenters. The van der Waals surface area contributed by atoms with Gasteiger partial charge in [0.2, 0.25) is 0 Å². The van der Waals surface area contributed by atoms with E-state index >= 15 is 0 Å². The Morgan fingerprint density at radius 2 is 2.03 bits per heavy atom. The minimum absolute atomic E-state index is 0.153. The average molecular weight is 504 g/mol. The summed E-state index contributed by atoms with van der Waals surface area (Å²) in [5, 5.41) is 16.8. The van der Waals surface area contributed by atoms with Crippen LogP contribution in [0.1, 0.15) is 55.4 Å². The molecular formula is C27H33N7O3. The first-order chi connectivity index (χ1) is 17.7. The zero-order chi connectivity index (χ0) is 26.6. The van der Waals surface area contributed by atoms with Gasteiger partial charge in [-0.1, -0.05) is 20.8 Å². The second-order valence-corrected chi connectivity index (χ2v) is 10.1. The van der Waals surface area contributed by atoms with Crippen molar-refractivity contribution in [3.05, 3.63) is 41.2 Å². The van der Waals surface area contributed by atoms with Crippen LogP contribution in [0.25, 0.3) is 22.3 Å². The van der Waals surface area contributed by atoms with Gasteiger partial charge in [0, 0.05) is 30.7 Å². The summed E-state index contributed by atoms with van der Waals surface area (Å²) in [6.07, 6.45) is 2.02. The maximum Gasteiger partial charge on any atom is 0.251 e. The van der Waals surface area contributed by atoms with Crippen molar-refractivity contribution in [1.82, 2.24) is 20.3 Å². The zero-order valence-corrected chi connectivity index (χ0v) is 21.7. The molecule has 1 saturated heterocycles. The number of nitrogens with one attached hydrogen (secondary N) is 2. The van der Waals surface area contributed by atoms with Crippen LogP contribution in [-0.2, 0) is 10.2 Å². The van der Waals surface area contributed by atoms with E-state index in [-0.39, 0.29) is 17.0 Å². The number of fused-ring (bicyclic) bond motifs is 1. The molecule has 0 bridgehead atoms. The number of pyridine rings is 1. The van der Waals surface area contributed by atoms with Crippen LogP contribution in [0.5, 0.6) is 5.75 Å². The SMILES string of the molecule is COCCOc1ccc(-c2cc(C(N)=O)c3nc(C(C)(C)C)nc(N[C@H]4CCCNC4)c3n2)c(C#N)c1. The van der Waals surface area contributed by atoms with E-state index in [1.54, 1.807) is 31.4 Å². The molecule has 1 fully saturated rings. The lowest BCUT2D eigenvalue weighted by Crippen LogP contribution is -2.39. The Hall–Kier alpha value is -3.81. The molecule has 1 aliphatic rings. The number of primary amides is 1. The smallest absolute Gasteiger partial charge is 0.251 e. The van der Waals surface area contributed by atoms with Crippen LogP contribution >= 0.6 is 0 Å². The van der Waals surface area contributed by atoms with Gasteiger partial charge in [-0.2, -0.15) is 5.26 Å². The second kappa shape index (κ2) is 11.1. The first-order valence-corrected chi connectivity index (χ1v) is 12.4. The Labute approximate surface area is 216 Å². The number of methoxy groups -OCH3 is 1. The Morgan fingerprint density at radius 1 is 1.22 bits per heavy atom. The third-order valence-corrected chi connectivity index (χ3v) is 6.17. The summed E-state index contributed by atoms with van der Waals surface area (Å²) < 4.78 is 10.7. The number of carbonyl (C=O) groups excluding carboxylic acids is 1. The molecular weight excluding hydrogens is 470 g/mol. The quantitative estimate of drug-likeness (QED) is 0.394. The maximum absolute atomic E-state index is 12.6. The van der Waals surface area contributed by atoms with Gasteiger partial charge < -0.3 is 25.8 Å². The van der Waals surface area contributed by atoms with Crippen molar-refractivity contribution in [3.63, 3.8) is 0 Å². The van der Waals surface area contributed by atoms with Gasteiger partial charge in [0.15, 0.2) is 5.82 Å². The Kier molecular flexibility index (Phi) is 7.86. The molecule has 2 aromatic heterocycles. The Balaban J connectivity index is 1.89. The number of piperidine rings is 1. The summed E-state index contributed by atoms with van der Waals surface area (Å²) >= 11 is 0. The van der Waals surface area contributed by atoms with Crippen molar-refractivity contribution in [3.8, 4) is 23.1 Å². The van der Waals surface area contributed by atoms with Crippen LogP contribution < -0.4 is 21.1 Å². The number of nitriles is 1. The Morgan fingerprint density at radius 3 is 2.68 bits per heavy atom. The van der Waals surface area contributed by atoms with E-state index in [0.29, 0.717) is 58.5 Å². The van der Waals surface area contributed by atoms with E-state index in [9.17, 15) is 10.1 Å². The number of nitrogens with two attached hydrogens (primary N) is 1. The van der Waals surface area contributed by atoms with Crippen LogP contribution in [0.3, 0.4) is 0 Å². The molecule has 0 aliphatic carbocycles. The lowest BCUT2D eigenvalue weighted by Gasteiger charge is -2.26. The molecule has 3 heterocycles. The predicted molar refractivity (Wildman–Crippen MR) is 142 cm³/mol. The number of rotatable bonds is 8. The van der Waals surface area contributed by atoms with Crippen LogP contribution in [0.2, 0.25) is 0 Å². The van der Waals surface area contributed by atoms with E-state index in [4.69, 9.17) is 30.2 Å². The minimum Gasteiger partial charge on any atom is -0.491 e. The monoisotopic (exact) mass is 503 g/mol. The average Bonchev–Trinajstić information content (AvgIpc) is 2.88. The van der Waals surface area contributed by atoms with Gasteiger partial charge in [-0.3, -0.25) is 4.79 Å². The molecule has 0 saturated carbocycles. The van der Waals surface area contributed by atoms with Gasteiger partial charge in [-0.05, 0) is 43.7 Å². The first kappa shape index (κ1) is 26.3. The van der Waals surface area contributed by atoms with E-state index < -0.39 is 5.91 Å². The topological polar surface area (TPSA) is 148 Å². The molecule has 4 N–H and O–H groups in total. The van der Waals surface area contributed by atoms with E-state index in [1.807, 2.05) is 20.8 Å². The summed E-state index contributed by atoms with van der Waals surface area (Å²) in [5.74, 6) is 1.04. The molecule has 1 aliphatic heterocycles. The fraction of sp³-hybridized carbons (Fsp3) is 0.444. The molecule has 10 nitrogen and oxygen atoms in total. The van der Waals surface area contributed by atoms with Crippen LogP contribution in [0, 0.1) is 11.3 Å². The summed E-state index contributed by atoms with van der Waals surface area (Å²) in [6.45, 7) is 8.61. The number of carbonyl (C=O) groups is 1. The molecule has 1 aromatic carbocycles. The molecule has 194 valence electrons. The van der Waals surface area contributed by atoms with Crippen LogP contribution in [-0.4, -0.2) is 60.3 Å². The molecule has 37 heavy (non-hydrogen) atoms. The number of hydrogen-bond acceptors (Lipinski definition) is 9. The summed E-state index contributed by atoms with van der Waals surface area (Å²) in [4.78, 5) is 27.1. The highest BCUT2D eigenvalue weighted by Crippen LogP contribution is 2.33. The highest BCUT2D eigenvalue weighted by molar-refractivity contribution is 6.07. The van der Waals surface area contributed by atoms with Gasteiger partial charge >= 0.3 is 0 Å². The van der Waals surface area contributed by atoms with Gasteiger partial charge in [-0.25, -0.2) is 15.0 Å². The molecule has 0 radical (unpaired) electrons. The number of ether oxygens (including phenoxy) is 2. The van der Waals surface area contributed by atoms with E-state index in [2.05, 4.69) is 16.7 Å². The molecule has 0 unspecified atom stereocenters. The first-order valence-electron chi connectivity index (χ1n) is 12.4. The fourth-order valence-electron chi connectivity index (χ4n) is 4.21. The van der Waals surface area contributed by atoms with Crippen molar-refractivity contribution in [2.75, 3.05) is 38.7 Å². The molecule has 3 aromatic rings. The van der Waals surface area contributed by atoms with Gasteiger partial charge in [-0.15, -0.1) is 0 Å². The highest BCUT2D eigenvalue weighted by Gasteiger charge is 2.25. The molecule has 0 spiro atoms.